The third-order valence-corrected chi connectivity index (χ3v) is 7.70. The van der Waals surface area contributed by atoms with Gasteiger partial charge in [0.05, 0.1) is 12.6 Å². The number of H-pyrrole nitrogens is 1. The molecule has 6 rings (SSSR count). The molecule has 3 heterocycles. The summed E-state index contributed by atoms with van der Waals surface area (Å²) in [5, 5.41) is 18.8. The molecule has 1 aliphatic rings. The molecule has 2 aromatic heterocycles. The summed E-state index contributed by atoms with van der Waals surface area (Å²) in [7, 11) is 0. The number of aromatic amines is 1. The molecule has 0 bridgehead atoms. The Balaban J connectivity index is 1.45. The van der Waals surface area contributed by atoms with Crippen molar-refractivity contribution in [2.45, 2.75) is 33.0 Å². The Morgan fingerprint density at radius 3 is 2.57 bits per heavy atom. The molecule has 2 N–H and O–H groups in total. The summed E-state index contributed by atoms with van der Waals surface area (Å²) in [5.41, 5.74) is 5.37. The zero-order valence-corrected chi connectivity index (χ0v) is 23.9. The number of amides is 1. The van der Waals surface area contributed by atoms with Crippen molar-refractivity contribution < 1.29 is 19.4 Å². The van der Waals surface area contributed by atoms with Crippen LogP contribution >= 0.6 is 11.6 Å². The molecule has 0 aliphatic carbocycles. The number of nitrogens with one attached hydrogen (secondary N) is 1. The number of aryl methyl sites for hydroxylation is 1. The van der Waals surface area contributed by atoms with Gasteiger partial charge in [0, 0.05) is 35.1 Å². The van der Waals surface area contributed by atoms with Crippen molar-refractivity contribution in [1.82, 2.24) is 20.1 Å². The Morgan fingerprint density at radius 1 is 1.00 bits per heavy atom. The fraction of sp³-hybridized carbons (Fsp3) is 0.182. The van der Waals surface area contributed by atoms with Crippen molar-refractivity contribution in [3.63, 3.8) is 0 Å². The van der Waals surface area contributed by atoms with E-state index in [0.717, 1.165) is 22.3 Å². The number of phenols is 1. The molecule has 0 saturated heterocycles. The van der Waals surface area contributed by atoms with Gasteiger partial charge in [0.2, 0.25) is 0 Å². The van der Waals surface area contributed by atoms with Gasteiger partial charge in [-0.2, -0.15) is 5.10 Å². The van der Waals surface area contributed by atoms with Crippen molar-refractivity contribution in [3.05, 3.63) is 124 Å². The number of hydrogen-bond acceptors (Lipinski definition) is 6. The molecule has 0 saturated carbocycles. The van der Waals surface area contributed by atoms with E-state index < -0.39 is 6.04 Å². The lowest BCUT2D eigenvalue weighted by molar-refractivity contribution is 0.0729. The Morgan fingerprint density at radius 2 is 1.81 bits per heavy atom. The number of aromatic hydroxyl groups is 1. The summed E-state index contributed by atoms with van der Waals surface area (Å²) < 4.78 is 12.2. The van der Waals surface area contributed by atoms with E-state index in [4.69, 9.17) is 21.1 Å². The van der Waals surface area contributed by atoms with Crippen LogP contribution in [-0.4, -0.2) is 37.7 Å². The van der Waals surface area contributed by atoms with Crippen molar-refractivity contribution in [2.75, 3.05) is 6.61 Å². The summed E-state index contributed by atoms with van der Waals surface area (Å²) in [6, 6.07) is 22.1. The van der Waals surface area contributed by atoms with Gasteiger partial charge in [-0.3, -0.25) is 14.9 Å². The molecule has 1 amide bonds. The molecule has 0 fully saturated rings. The predicted molar refractivity (Wildman–Crippen MR) is 160 cm³/mol. The lowest BCUT2D eigenvalue weighted by Gasteiger charge is -2.27. The minimum absolute atomic E-state index is 0.0303. The number of nitrogens with zero attached hydrogens (tertiary/aromatic N) is 3. The van der Waals surface area contributed by atoms with Gasteiger partial charge in [0.15, 0.2) is 11.5 Å². The Labute approximate surface area is 248 Å². The maximum absolute atomic E-state index is 13.9. The fourth-order valence-corrected chi connectivity index (χ4v) is 5.44. The molecule has 5 aromatic rings. The molecule has 0 radical (unpaired) electrons. The van der Waals surface area contributed by atoms with Crippen molar-refractivity contribution >= 4 is 17.5 Å². The van der Waals surface area contributed by atoms with E-state index in [-0.39, 0.29) is 11.7 Å². The number of halogens is 1. The number of carbonyl (C=O) groups is 1. The maximum Gasteiger partial charge on any atom is 0.273 e. The highest BCUT2D eigenvalue weighted by molar-refractivity contribution is 6.31. The minimum atomic E-state index is -0.539. The van der Waals surface area contributed by atoms with Gasteiger partial charge in [0.1, 0.15) is 23.7 Å². The van der Waals surface area contributed by atoms with E-state index in [2.05, 4.69) is 15.2 Å². The van der Waals surface area contributed by atoms with Crippen LogP contribution in [0.2, 0.25) is 5.02 Å². The molecule has 212 valence electrons. The summed E-state index contributed by atoms with van der Waals surface area (Å²) >= 11 is 6.45. The second-order valence-electron chi connectivity index (χ2n) is 10.1. The first-order valence-electron chi connectivity index (χ1n) is 13.7. The first kappa shape index (κ1) is 27.4. The zero-order chi connectivity index (χ0) is 29.2. The molecule has 1 aliphatic heterocycles. The monoisotopic (exact) mass is 580 g/mol. The summed E-state index contributed by atoms with van der Waals surface area (Å²) in [6.07, 6.45) is 3.44. The van der Waals surface area contributed by atoms with Crippen LogP contribution in [0.1, 0.15) is 51.3 Å². The first-order valence-corrected chi connectivity index (χ1v) is 14.0. The number of benzene rings is 3. The SMILES string of the molecule is CCOc1cc(C2c3c(-c4cc(Cl)c(C)cc4O)n[nH]c3C(=O)N2Cc2cccnc2)ccc1OCc1ccccc1. The normalized spacial score (nSPS) is 14.2. The molecule has 9 heteroatoms. The van der Waals surface area contributed by atoms with Gasteiger partial charge < -0.3 is 19.5 Å². The van der Waals surface area contributed by atoms with Gasteiger partial charge in [-0.05, 0) is 66.4 Å². The summed E-state index contributed by atoms with van der Waals surface area (Å²) in [5.74, 6) is 0.989. The largest absolute Gasteiger partial charge is 0.507 e. The lowest BCUT2D eigenvalue weighted by Crippen LogP contribution is -2.29. The number of hydrogen-bond donors (Lipinski definition) is 2. The van der Waals surface area contributed by atoms with Crippen LogP contribution in [-0.2, 0) is 13.2 Å². The van der Waals surface area contributed by atoms with E-state index in [0.29, 0.717) is 58.8 Å². The number of ether oxygens (including phenoxy) is 2. The minimum Gasteiger partial charge on any atom is -0.507 e. The van der Waals surface area contributed by atoms with Crippen LogP contribution in [0.25, 0.3) is 11.3 Å². The van der Waals surface area contributed by atoms with E-state index in [1.807, 2.05) is 74.5 Å². The molecule has 42 heavy (non-hydrogen) atoms. The van der Waals surface area contributed by atoms with Gasteiger partial charge >= 0.3 is 0 Å². The topological polar surface area (TPSA) is 101 Å². The second kappa shape index (κ2) is 11.6. The van der Waals surface area contributed by atoms with Gasteiger partial charge in [0.25, 0.3) is 5.91 Å². The zero-order valence-electron chi connectivity index (χ0n) is 23.2. The van der Waals surface area contributed by atoms with E-state index in [9.17, 15) is 9.90 Å². The highest BCUT2D eigenvalue weighted by Gasteiger charge is 2.43. The number of carbonyl (C=O) groups excluding carboxylic acids is 1. The number of fused-ring (bicyclic) bond motifs is 1. The maximum atomic E-state index is 13.9. The van der Waals surface area contributed by atoms with E-state index in [1.54, 1.807) is 29.4 Å². The molecule has 8 nitrogen and oxygen atoms in total. The third-order valence-electron chi connectivity index (χ3n) is 7.29. The average Bonchev–Trinajstić information content (AvgIpc) is 3.54. The molecule has 1 atom stereocenters. The van der Waals surface area contributed by atoms with Crippen molar-refractivity contribution in [3.8, 4) is 28.5 Å². The number of aromatic nitrogens is 3. The number of pyridine rings is 1. The Kier molecular flexibility index (Phi) is 7.54. The third kappa shape index (κ3) is 5.17. The van der Waals surface area contributed by atoms with Crippen LogP contribution in [0.5, 0.6) is 17.2 Å². The van der Waals surface area contributed by atoms with Gasteiger partial charge in [-0.25, -0.2) is 0 Å². The van der Waals surface area contributed by atoms with Crippen molar-refractivity contribution in [1.29, 1.82) is 0 Å². The van der Waals surface area contributed by atoms with E-state index in [1.165, 1.54) is 0 Å². The van der Waals surface area contributed by atoms with Crippen LogP contribution in [0.3, 0.4) is 0 Å². The quantitative estimate of drug-likeness (QED) is 0.197. The smallest absolute Gasteiger partial charge is 0.273 e. The highest BCUT2D eigenvalue weighted by Crippen LogP contribution is 2.47. The van der Waals surface area contributed by atoms with Crippen LogP contribution in [0, 0.1) is 6.92 Å². The van der Waals surface area contributed by atoms with Crippen molar-refractivity contribution in [2.24, 2.45) is 0 Å². The van der Waals surface area contributed by atoms with Crippen LogP contribution < -0.4 is 9.47 Å². The molecular formula is C33H29ClN4O4. The van der Waals surface area contributed by atoms with Crippen LogP contribution in [0.4, 0.5) is 0 Å². The molecule has 0 spiro atoms. The number of phenolic OH excluding ortho intramolecular Hbond substituents is 1. The second-order valence-corrected chi connectivity index (χ2v) is 10.5. The standard InChI is InChI=1S/C33H29ClN4O4/c1-3-41-28-15-23(11-12-27(28)42-19-21-8-5-4-6-9-21)32-29-30(24-16-25(34)20(2)14-26(24)39)36-37-31(29)33(40)38(32)18-22-10-7-13-35-17-22/h4-17,32,39H,3,18-19H2,1-2H3,(H,36,37). The molecule has 3 aromatic carbocycles. The van der Waals surface area contributed by atoms with Gasteiger partial charge in [-0.15, -0.1) is 0 Å². The predicted octanol–water partition coefficient (Wildman–Crippen LogP) is 6.86. The molecular weight excluding hydrogens is 552 g/mol. The fourth-order valence-electron chi connectivity index (χ4n) is 5.27. The van der Waals surface area contributed by atoms with E-state index >= 15 is 0 Å². The summed E-state index contributed by atoms with van der Waals surface area (Å²) in [4.78, 5) is 19.9. The first-order chi connectivity index (χ1) is 20.4. The van der Waals surface area contributed by atoms with Crippen LogP contribution in [0.15, 0.2) is 85.2 Å². The number of rotatable bonds is 9. The van der Waals surface area contributed by atoms with Gasteiger partial charge in [-0.1, -0.05) is 54.1 Å². The Bertz CT molecular complexity index is 1740. The lowest BCUT2D eigenvalue weighted by atomic mass is 9.94. The average molecular weight is 581 g/mol. The molecule has 1 unspecified atom stereocenters. The Hall–Kier alpha value is -4.82. The highest BCUT2D eigenvalue weighted by atomic mass is 35.5. The summed E-state index contributed by atoms with van der Waals surface area (Å²) in [6.45, 7) is 4.87.